The van der Waals surface area contributed by atoms with Crippen molar-refractivity contribution in [1.29, 1.82) is 0 Å². The number of alkyl carbamates (subject to hydrolysis) is 1. The van der Waals surface area contributed by atoms with Crippen molar-refractivity contribution >= 4 is 17.5 Å². The number of nitrogens with one attached hydrogen (secondary N) is 1. The van der Waals surface area contributed by atoms with Crippen LogP contribution in [0.1, 0.15) is 20.8 Å². The monoisotopic (exact) mass is 337 g/mol. The van der Waals surface area contributed by atoms with Gasteiger partial charge in [0.25, 0.3) is 5.69 Å². The van der Waals surface area contributed by atoms with E-state index < -0.39 is 22.4 Å². The average Bonchev–Trinajstić information content (AvgIpc) is 2.90. The van der Waals surface area contributed by atoms with Crippen LogP contribution in [0.25, 0.3) is 0 Å². The summed E-state index contributed by atoms with van der Waals surface area (Å²) < 4.78 is 19.3. The molecule has 2 atom stereocenters. The maximum Gasteiger partial charge on any atom is 0.407 e. The lowest BCUT2D eigenvalue weighted by Crippen LogP contribution is -2.38. The lowest BCUT2D eigenvalue weighted by Gasteiger charge is -2.24. The van der Waals surface area contributed by atoms with E-state index in [1.165, 1.54) is 12.1 Å². The Bertz CT molecular complexity index is 676. The first kappa shape index (κ1) is 16.5. The molecule has 0 bridgehead atoms. The van der Waals surface area contributed by atoms with Crippen molar-refractivity contribution in [3.63, 3.8) is 0 Å². The predicted molar refractivity (Wildman–Crippen MR) is 85.4 cm³/mol. The van der Waals surface area contributed by atoms with Crippen LogP contribution >= 0.6 is 0 Å². The summed E-state index contributed by atoms with van der Waals surface area (Å²) in [5, 5.41) is 13.5. The first-order valence-corrected chi connectivity index (χ1v) is 7.84. The van der Waals surface area contributed by atoms with Gasteiger partial charge in [0, 0.05) is 37.0 Å². The Morgan fingerprint density at radius 3 is 2.50 bits per heavy atom. The fourth-order valence-electron chi connectivity index (χ4n) is 3.25. The molecule has 1 aliphatic heterocycles. The molecule has 1 saturated heterocycles. The molecular formula is C16H20FN3O4. The zero-order valence-corrected chi connectivity index (χ0v) is 13.8. The molecule has 1 aromatic rings. The van der Waals surface area contributed by atoms with E-state index >= 15 is 0 Å². The molecule has 130 valence electrons. The van der Waals surface area contributed by atoms with Gasteiger partial charge in [0.1, 0.15) is 5.60 Å². The number of halogens is 1. The van der Waals surface area contributed by atoms with Crippen LogP contribution < -0.4 is 10.2 Å². The number of ether oxygens (including phenoxy) is 1. The molecule has 0 radical (unpaired) electrons. The molecule has 8 heteroatoms. The highest BCUT2D eigenvalue weighted by Crippen LogP contribution is 2.47. The van der Waals surface area contributed by atoms with E-state index in [0.717, 1.165) is 6.07 Å². The molecular weight excluding hydrogens is 317 g/mol. The standard InChI is InChI=1S/C16H20FN3O4/c1-16(2,3)24-15(21)18-14-10-7-19(8-11(10)14)13-5-4-9(20(22)23)6-12(13)17/h4-6,10-11,14H,7-8H2,1-3H3,(H,18,21). The van der Waals surface area contributed by atoms with Gasteiger partial charge in [-0.25, -0.2) is 9.18 Å². The summed E-state index contributed by atoms with van der Waals surface area (Å²) in [6.07, 6.45) is -0.435. The number of nitrogens with zero attached hydrogens (tertiary/aromatic N) is 2. The Morgan fingerprint density at radius 2 is 2.00 bits per heavy atom. The SMILES string of the molecule is CC(C)(C)OC(=O)NC1C2CN(c3ccc([N+](=O)[O-])cc3F)CC21. The van der Waals surface area contributed by atoms with Crippen molar-refractivity contribution in [3.8, 4) is 0 Å². The normalized spacial score (nSPS) is 25.2. The van der Waals surface area contributed by atoms with Crippen molar-refractivity contribution in [3.05, 3.63) is 34.1 Å². The minimum atomic E-state index is -0.616. The van der Waals surface area contributed by atoms with Crippen molar-refractivity contribution in [1.82, 2.24) is 5.32 Å². The molecule has 1 N–H and O–H groups in total. The number of hydrogen-bond acceptors (Lipinski definition) is 5. The number of anilines is 1. The van der Waals surface area contributed by atoms with Gasteiger partial charge in [-0.15, -0.1) is 0 Å². The van der Waals surface area contributed by atoms with Crippen LogP contribution in [0.2, 0.25) is 0 Å². The van der Waals surface area contributed by atoms with E-state index in [1.54, 1.807) is 20.8 Å². The van der Waals surface area contributed by atoms with Gasteiger partial charge in [0.2, 0.25) is 0 Å². The number of carbonyl (C=O) groups excluding carboxylic acids is 1. The fraction of sp³-hybridized carbons (Fsp3) is 0.562. The number of amides is 1. The predicted octanol–water partition coefficient (Wildman–Crippen LogP) is 2.69. The number of nitro groups is 1. The van der Waals surface area contributed by atoms with Crippen LogP contribution in [-0.4, -0.2) is 35.7 Å². The number of piperidine rings is 1. The third-order valence-corrected chi connectivity index (χ3v) is 4.36. The highest BCUT2D eigenvalue weighted by molar-refractivity contribution is 5.69. The van der Waals surface area contributed by atoms with Crippen LogP contribution in [-0.2, 0) is 4.74 Å². The highest BCUT2D eigenvalue weighted by atomic mass is 19.1. The van der Waals surface area contributed by atoms with Crippen molar-refractivity contribution < 1.29 is 18.8 Å². The topological polar surface area (TPSA) is 84.7 Å². The molecule has 1 aromatic carbocycles. The van der Waals surface area contributed by atoms with Gasteiger partial charge in [0.15, 0.2) is 5.82 Å². The summed E-state index contributed by atoms with van der Waals surface area (Å²) in [5.41, 5.74) is -0.434. The maximum atomic E-state index is 14.1. The molecule has 1 amide bonds. The number of benzene rings is 1. The Kier molecular flexibility index (Phi) is 3.85. The Morgan fingerprint density at radius 1 is 1.38 bits per heavy atom. The van der Waals surface area contributed by atoms with Gasteiger partial charge >= 0.3 is 6.09 Å². The van der Waals surface area contributed by atoms with Gasteiger partial charge < -0.3 is 15.0 Å². The van der Waals surface area contributed by atoms with Gasteiger partial charge in [-0.2, -0.15) is 0 Å². The second-order valence-electron chi connectivity index (χ2n) is 7.30. The molecule has 0 spiro atoms. The van der Waals surface area contributed by atoms with Crippen LogP contribution in [0.15, 0.2) is 18.2 Å². The molecule has 1 aliphatic carbocycles. The van der Waals surface area contributed by atoms with Crippen LogP contribution in [0, 0.1) is 27.8 Å². The number of hydrogen-bond donors (Lipinski definition) is 1. The lowest BCUT2D eigenvalue weighted by molar-refractivity contribution is -0.385. The van der Waals surface area contributed by atoms with E-state index in [-0.39, 0.29) is 23.6 Å². The molecule has 1 saturated carbocycles. The zero-order chi connectivity index (χ0) is 17.6. The summed E-state index contributed by atoms with van der Waals surface area (Å²) in [7, 11) is 0. The second-order valence-corrected chi connectivity index (χ2v) is 7.30. The van der Waals surface area contributed by atoms with Gasteiger partial charge in [-0.1, -0.05) is 0 Å². The summed E-state index contributed by atoms with van der Waals surface area (Å²) >= 11 is 0. The Balaban J connectivity index is 1.57. The third kappa shape index (κ3) is 3.27. The van der Waals surface area contributed by atoms with Crippen molar-refractivity contribution in [2.45, 2.75) is 32.4 Å². The minimum absolute atomic E-state index is 0.0530. The van der Waals surface area contributed by atoms with E-state index in [0.29, 0.717) is 18.8 Å². The van der Waals surface area contributed by atoms with E-state index in [4.69, 9.17) is 4.74 Å². The number of non-ortho nitro benzene ring substituents is 1. The Labute approximate surface area is 138 Å². The van der Waals surface area contributed by atoms with E-state index in [9.17, 15) is 19.3 Å². The number of rotatable bonds is 3. The first-order chi connectivity index (χ1) is 11.2. The average molecular weight is 337 g/mol. The van der Waals surface area contributed by atoms with E-state index in [1.807, 2.05) is 4.90 Å². The molecule has 24 heavy (non-hydrogen) atoms. The largest absolute Gasteiger partial charge is 0.444 e. The van der Waals surface area contributed by atoms with Crippen molar-refractivity contribution in [2.24, 2.45) is 11.8 Å². The van der Waals surface area contributed by atoms with Crippen LogP contribution in [0.3, 0.4) is 0 Å². The quantitative estimate of drug-likeness (QED) is 0.677. The first-order valence-electron chi connectivity index (χ1n) is 7.84. The molecule has 2 aliphatic rings. The summed E-state index contributed by atoms with van der Waals surface area (Å²) in [5.74, 6) is -0.0821. The molecule has 3 rings (SSSR count). The fourth-order valence-corrected chi connectivity index (χ4v) is 3.25. The number of nitro benzene ring substituents is 1. The second kappa shape index (κ2) is 5.61. The molecule has 2 fully saturated rings. The van der Waals surface area contributed by atoms with E-state index in [2.05, 4.69) is 5.32 Å². The smallest absolute Gasteiger partial charge is 0.407 e. The minimum Gasteiger partial charge on any atom is -0.444 e. The molecule has 1 heterocycles. The summed E-state index contributed by atoms with van der Waals surface area (Å²) in [6.45, 7) is 6.64. The molecule has 7 nitrogen and oxygen atoms in total. The lowest BCUT2D eigenvalue weighted by atomic mass is 10.2. The zero-order valence-electron chi connectivity index (χ0n) is 13.8. The van der Waals surface area contributed by atoms with Crippen LogP contribution in [0.4, 0.5) is 20.6 Å². The third-order valence-electron chi connectivity index (χ3n) is 4.36. The van der Waals surface area contributed by atoms with Gasteiger partial charge in [0.05, 0.1) is 16.7 Å². The Hall–Kier alpha value is -2.38. The number of fused-ring (bicyclic) bond motifs is 1. The van der Waals surface area contributed by atoms with Gasteiger partial charge in [-0.05, 0) is 26.8 Å². The van der Waals surface area contributed by atoms with Crippen molar-refractivity contribution in [2.75, 3.05) is 18.0 Å². The number of carbonyl (C=O) groups is 1. The summed E-state index contributed by atoms with van der Waals surface area (Å²) in [4.78, 5) is 23.7. The highest BCUT2D eigenvalue weighted by Gasteiger charge is 2.57. The van der Waals surface area contributed by atoms with Gasteiger partial charge in [-0.3, -0.25) is 10.1 Å². The molecule has 0 aromatic heterocycles. The van der Waals surface area contributed by atoms with Crippen LogP contribution in [0.5, 0.6) is 0 Å². The molecule has 2 unspecified atom stereocenters. The summed E-state index contributed by atoms with van der Waals surface area (Å²) in [6, 6.07) is 3.74. The maximum absolute atomic E-state index is 14.1.